The minimum Gasteiger partial charge on any atom is 0 e. The predicted octanol–water partition coefficient (Wildman–Crippen LogP) is -0.440. The minimum atomic E-state index is -0.833. The first-order valence-corrected chi connectivity index (χ1v) is 1.73. The van der Waals surface area contributed by atoms with Crippen molar-refractivity contribution in [1.29, 1.82) is 0 Å². The number of carboxylic acid groups (broad SMARTS) is 1. The maximum absolute atomic E-state index is 9.00. The fourth-order valence-corrected chi connectivity index (χ4v) is 0. The van der Waals surface area contributed by atoms with E-state index in [9.17, 15) is 0 Å². The summed E-state index contributed by atoms with van der Waals surface area (Å²) in [6.45, 7) is 0. The quantitative estimate of drug-likeness (QED) is 0.579. The smallest absolute Gasteiger partial charge is 0 e. The summed E-state index contributed by atoms with van der Waals surface area (Å²) in [7, 11) is 0. The summed E-state index contributed by atoms with van der Waals surface area (Å²) in [5, 5.41) is 7.42. The molecule has 0 heterocycles. The van der Waals surface area contributed by atoms with Crippen LogP contribution in [0.25, 0.3) is 0 Å². The third-order valence-corrected chi connectivity index (χ3v) is 0. The summed E-state index contributed by atoms with van der Waals surface area (Å²) in [4.78, 5) is 9.00. The van der Waals surface area contributed by atoms with Crippen LogP contribution in [-0.2, 0) is 34.4 Å². The van der Waals surface area contributed by atoms with Crippen LogP contribution < -0.4 is 0 Å². The largest absolute Gasteiger partial charge is 0 e. The van der Waals surface area contributed by atoms with Crippen LogP contribution >= 0.6 is 0 Å². The van der Waals surface area contributed by atoms with Gasteiger partial charge in [-0.25, -0.2) is 0 Å². The van der Waals surface area contributed by atoms with Gasteiger partial charge in [0.1, 0.15) is 0 Å². The first kappa shape index (κ1) is 15.7. The van der Waals surface area contributed by atoms with E-state index in [4.69, 9.17) is 9.90 Å². The van der Waals surface area contributed by atoms with E-state index < -0.39 is 4.76 Å². The van der Waals surface area contributed by atoms with Crippen molar-refractivity contribution in [3.8, 4) is 0 Å². The van der Waals surface area contributed by atoms with Crippen LogP contribution in [0, 0.1) is 0 Å². The molecule has 2 nitrogen and oxygen atoms in total. The van der Waals surface area contributed by atoms with E-state index in [1.165, 1.54) is 0 Å². The van der Waals surface area contributed by atoms with Gasteiger partial charge in [0, 0.05) is 34.4 Å². The Labute approximate surface area is 65.8 Å². The molecule has 0 aliphatic carbocycles. The molecule has 0 aromatic rings. The summed E-state index contributed by atoms with van der Waals surface area (Å²) < 4.78 is -0.833. The Morgan fingerprint density at radius 3 is 1.67 bits per heavy atom. The Bertz CT molecular complexity index is 36.5. The van der Waals surface area contributed by atoms with Gasteiger partial charge in [0.05, 0.1) is 0 Å². The maximum atomic E-state index is 9.00. The van der Waals surface area contributed by atoms with Crippen molar-refractivity contribution >= 4 is 21.6 Å². The standard InChI is InChI=1S/CH2AsO2.Cr.Cu/c2-1(3)4;;/h2H,(H,3,4);;. The predicted molar refractivity (Wildman–Crippen MR) is 15.2 cm³/mol. The molecule has 0 aliphatic heterocycles. The molecule has 0 aromatic heterocycles. The molecule has 0 saturated carbocycles. The van der Waals surface area contributed by atoms with Gasteiger partial charge in [-0.3, -0.25) is 0 Å². The van der Waals surface area contributed by atoms with Crippen molar-refractivity contribution in [2.45, 2.75) is 0 Å². The van der Waals surface area contributed by atoms with Gasteiger partial charge in [0.25, 0.3) is 0 Å². The van der Waals surface area contributed by atoms with Gasteiger partial charge in [-0.1, -0.05) is 0 Å². The molecule has 0 unspecified atom stereocenters. The zero-order valence-electron chi connectivity index (χ0n) is 2.57. The third kappa shape index (κ3) is 72.5. The molecule has 0 bridgehead atoms. The molecule has 5 heteroatoms. The molecule has 0 aliphatic rings. The Balaban J connectivity index is -0.0000000450. The molecule has 40 valence electrons. The average Bonchev–Trinajstić information content (AvgIpc) is 0.811. The zero-order valence-corrected chi connectivity index (χ0v) is 6.88. The minimum absolute atomic E-state index is 0. The van der Waals surface area contributed by atoms with Gasteiger partial charge in [-0.2, -0.15) is 0 Å². The van der Waals surface area contributed by atoms with E-state index in [0.717, 1.165) is 16.9 Å². The van der Waals surface area contributed by atoms with Gasteiger partial charge in [0.2, 0.25) is 0 Å². The van der Waals surface area contributed by atoms with Crippen LogP contribution in [0.2, 0.25) is 0 Å². The van der Waals surface area contributed by atoms with Crippen LogP contribution in [-0.4, -0.2) is 26.7 Å². The molecule has 0 fully saturated rings. The fourth-order valence-electron chi connectivity index (χ4n) is 0. The molecular weight excluding hydrogens is 234 g/mol. The first-order chi connectivity index (χ1) is 1.73. The zero-order chi connectivity index (χ0) is 3.58. The van der Waals surface area contributed by atoms with Crippen molar-refractivity contribution in [2.75, 3.05) is 0 Å². The summed E-state index contributed by atoms with van der Waals surface area (Å²) in [6.07, 6.45) is 0. The van der Waals surface area contributed by atoms with Gasteiger partial charge >= 0.3 is 31.5 Å². The summed E-state index contributed by atoms with van der Waals surface area (Å²) in [5.41, 5.74) is 0. The van der Waals surface area contributed by atoms with Crippen LogP contribution in [0.15, 0.2) is 0 Å². The molecule has 0 saturated heterocycles. The molecular formula is CH2AsCrCuO2. The van der Waals surface area contributed by atoms with E-state index in [1.807, 2.05) is 0 Å². The number of hydrogen-bond acceptors (Lipinski definition) is 1. The van der Waals surface area contributed by atoms with Crippen molar-refractivity contribution in [3.63, 3.8) is 0 Å². The maximum Gasteiger partial charge on any atom is 0 e. The Hall–Kier alpha value is 1.08. The second-order valence-corrected chi connectivity index (χ2v) is 1.20. The van der Waals surface area contributed by atoms with Crippen molar-refractivity contribution < 1.29 is 44.3 Å². The van der Waals surface area contributed by atoms with Crippen molar-refractivity contribution in [2.24, 2.45) is 0 Å². The van der Waals surface area contributed by atoms with E-state index in [0.29, 0.717) is 0 Å². The normalized spacial score (nSPS) is 4.17. The second kappa shape index (κ2) is 9.43. The van der Waals surface area contributed by atoms with Crippen LogP contribution in [0.3, 0.4) is 0 Å². The summed E-state index contributed by atoms with van der Waals surface area (Å²) in [5.74, 6) is 0. The van der Waals surface area contributed by atoms with Crippen LogP contribution in [0.5, 0.6) is 0 Å². The molecule has 0 rings (SSSR count). The molecule has 0 atom stereocenters. The Morgan fingerprint density at radius 1 is 1.67 bits per heavy atom. The SMILES string of the molecule is O=C(O)[AsH].[Cr].[Cu]. The number of carbonyl (C=O) groups is 1. The monoisotopic (exact) mass is 236 g/mol. The van der Waals surface area contributed by atoms with Crippen molar-refractivity contribution in [3.05, 3.63) is 0 Å². The average molecular weight is 236 g/mol. The third-order valence-electron chi connectivity index (χ3n) is 0. The molecule has 2 radical (unpaired) electrons. The van der Waals surface area contributed by atoms with Crippen LogP contribution in [0.1, 0.15) is 0 Å². The summed E-state index contributed by atoms with van der Waals surface area (Å²) >= 11 is 1.08. The second-order valence-electron chi connectivity index (χ2n) is 0.305. The van der Waals surface area contributed by atoms with Crippen molar-refractivity contribution in [1.82, 2.24) is 0 Å². The molecule has 0 aromatic carbocycles. The fraction of sp³-hybridized carbons (Fsp3) is 0. The van der Waals surface area contributed by atoms with E-state index >= 15 is 0 Å². The Kier molecular flexibility index (Phi) is 24.7. The van der Waals surface area contributed by atoms with E-state index in [-0.39, 0.29) is 34.4 Å². The first-order valence-electron chi connectivity index (χ1n) is 0.678. The van der Waals surface area contributed by atoms with Gasteiger partial charge in [0.15, 0.2) is 0 Å². The van der Waals surface area contributed by atoms with E-state index in [1.54, 1.807) is 0 Å². The molecule has 1 N–H and O–H groups in total. The summed E-state index contributed by atoms with van der Waals surface area (Å²) in [6, 6.07) is 0. The topological polar surface area (TPSA) is 37.3 Å². The molecule has 0 spiro atoms. The number of hydrogen-bond donors (Lipinski definition) is 1. The molecule has 0 amide bonds. The molecule has 6 heavy (non-hydrogen) atoms. The number of rotatable bonds is 0. The Morgan fingerprint density at radius 2 is 1.67 bits per heavy atom. The van der Waals surface area contributed by atoms with Gasteiger partial charge in [-0.05, 0) is 0 Å². The van der Waals surface area contributed by atoms with E-state index in [2.05, 4.69) is 0 Å². The van der Waals surface area contributed by atoms with Crippen LogP contribution in [0.4, 0.5) is 4.79 Å². The van der Waals surface area contributed by atoms with Gasteiger partial charge in [-0.15, -0.1) is 0 Å². The van der Waals surface area contributed by atoms with Gasteiger partial charge < -0.3 is 0 Å².